The number of carboxylic acids is 1. The summed E-state index contributed by atoms with van der Waals surface area (Å²) in [5.74, 6) is -1.65. The van der Waals surface area contributed by atoms with Gasteiger partial charge in [0.15, 0.2) is 11.6 Å². The lowest BCUT2D eigenvalue weighted by molar-refractivity contribution is 0.0694. The van der Waals surface area contributed by atoms with Gasteiger partial charge in [-0.05, 0) is 37.7 Å². The number of hydrogen-bond acceptors (Lipinski definition) is 5. The van der Waals surface area contributed by atoms with Crippen LogP contribution in [0, 0.1) is 11.7 Å². The van der Waals surface area contributed by atoms with Crippen LogP contribution in [0.1, 0.15) is 55.9 Å². The number of halogens is 1. The standard InChI is InChI=1S/C20H23FN2O5.C2H6/c1-28-19-16-13(18(25)14(20(26)27)9-23(16)12-4-5-12)7-15(21)17(19)22-6-2-3-11(8-22)10-24;1-2/h7,9,11-12,24H,2-6,8,10H2,1H3,(H,26,27);1-2H3. The highest BCUT2D eigenvalue weighted by Crippen LogP contribution is 2.44. The van der Waals surface area contributed by atoms with Crippen molar-refractivity contribution in [2.24, 2.45) is 5.92 Å². The van der Waals surface area contributed by atoms with E-state index in [1.165, 1.54) is 13.3 Å². The van der Waals surface area contributed by atoms with Crippen LogP contribution in [0.2, 0.25) is 0 Å². The first-order chi connectivity index (χ1) is 14.5. The van der Waals surface area contributed by atoms with Crippen molar-refractivity contribution in [3.8, 4) is 5.75 Å². The number of nitrogens with zero attached hydrogens (tertiary/aromatic N) is 2. The number of piperidine rings is 1. The normalized spacial score (nSPS) is 18.7. The molecule has 1 unspecified atom stereocenters. The molecule has 164 valence electrons. The fourth-order valence-electron chi connectivity index (χ4n) is 4.14. The highest BCUT2D eigenvalue weighted by molar-refractivity contribution is 5.97. The van der Waals surface area contributed by atoms with E-state index in [0.29, 0.717) is 18.6 Å². The SMILES string of the molecule is CC.COc1c(N2CCCC(CO)C2)c(F)cc2c(=O)c(C(=O)O)cn(C3CC3)c12. The van der Waals surface area contributed by atoms with E-state index in [0.717, 1.165) is 31.7 Å². The zero-order valence-electron chi connectivity index (χ0n) is 17.7. The molecule has 1 aliphatic heterocycles. The Morgan fingerprint density at radius 2 is 2.00 bits per heavy atom. The van der Waals surface area contributed by atoms with Crippen molar-refractivity contribution in [1.82, 2.24) is 4.57 Å². The van der Waals surface area contributed by atoms with Crippen LogP contribution >= 0.6 is 0 Å². The fourth-order valence-corrected chi connectivity index (χ4v) is 4.14. The number of aromatic nitrogens is 1. The Labute approximate surface area is 174 Å². The van der Waals surface area contributed by atoms with Crippen LogP contribution in [-0.4, -0.2) is 47.6 Å². The second-order valence-electron chi connectivity index (χ2n) is 7.59. The summed E-state index contributed by atoms with van der Waals surface area (Å²) in [4.78, 5) is 26.1. The third-order valence-electron chi connectivity index (χ3n) is 5.67. The highest BCUT2D eigenvalue weighted by Gasteiger charge is 2.32. The molecule has 1 aliphatic carbocycles. The van der Waals surface area contributed by atoms with Gasteiger partial charge in [0.2, 0.25) is 5.43 Å². The molecule has 1 atom stereocenters. The fraction of sp³-hybridized carbons (Fsp3) is 0.545. The highest BCUT2D eigenvalue weighted by atomic mass is 19.1. The molecule has 8 heteroatoms. The molecule has 1 aromatic heterocycles. The van der Waals surface area contributed by atoms with Crippen molar-refractivity contribution in [2.75, 3.05) is 31.7 Å². The molecule has 0 bridgehead atoms. The molecule has 30 heavy (non-hydrogen) atoms. The van der Waals surface area contributed by atoms with E-state index in [9.17, 15) is 19.8 Å². The summed E-state index contributed by atoms with van der Waals surface area (Å²) in [5, 5.41) is 18.9. The Morgan fingerprint density at radius 3 is 2.57 bits per heavy atom. The lowest BCUT2D eigenvalue weighted by atomic mass is 9.98. The summed E-state index contributed by atoms with van der Waals surface area (Å²) in [7, 11) is 1.43. The van der Waals surface area contributed by atoms with Gasteiger partial charge >= 0.3 is 5.97 Å². The third kappa shape index (κ3) is 3.88. The molecule has 2 fully saturated rings. The van der Waals surface area contributed by atoms with Crippen LogP contribution in [0.15, 0.2) is 17.1 Å². The second-order valence-corrected chi connectivity index (χ2v) is 7.59. The van der Waals surface area contributed by atoms with Crippen molar-refractivity contribution in [2.45, 2.75) is 45.6 Å². The van der Waals surface area contributed by atoms with E-state index in [-0.39, 0.29) is 41.0 Å². The average molecular weight is 420 g/mol. The van der Waals surface area contributed by atoms with Gasteiger partial charge in [-0.25, -0.2) is 9.18 Å². The maximum Gasteiger partial charge on any atom is 0.341 e. The molecule has 2 heterocycles. The molecule has 7 nitrogen and oxygen atoms in total. The van der Waals surface area contributed by atoms with Gasteiger partial charge in [0.25, 0.3) is 0 Å². The number of aliphatic hydroxyl groups is 1. The molecular weight excluding hydrogens is 391 g/mol. The summed E-state index contributed by atoms with van der Waals surface area (Å²) in [6.07, 6.45) is 4.77. The lowest BCUT2D eigenvalue weighted by Crippen LogP contribution is -2.37. The predicted molar refractivity (Wildman–Crippen MR) is 113 cm³/mol. The van der Waals surface area contributed by atoms with Gasteiger partial charge in [-0.1, -0.05) is 13.8 Å². The Morgan fingerprint density at radius 1 is 1.30 bits per heavy atom. The number of fused-ring (bicyclic) bond motifs is 1. The first-order valence-corrected chi connectivity index (χ1v) is 10.5. The van der Waals surface area contributed by atoms with E-state index in [1.54, 1.807) is 4.57 Å². The van der Waals surface area contributed by atoms with Gasteiger partial charge in [0, 0.05) is 31.9 Å². The number of anilines is 1. The first-order valence-electron chi connectivity index (χ1n) is 10.5. The molecule has 2 N–H and O–H groups in total. The number of aliphatic hydroxyl groups excluding tert-OH is 1. The summed E-state index contributed by atoms with van der Waals surface area (Å²) in [6.45, 7) is 5.15. The van der Waals surface area contributed by atoms with Gasteiger partial charge in [-0.3, -0.25) is 4.79 Å². The van der Waals surface area contributed by atoms with Gasteiger partial charge < -0.3 is 24.4 Å². The van der Waals surface area contributed by atoms with Crippen molar-refractivity contribution >= 4 is 22.6 Å². The van der Waals surface area contributed by atoms with Crippen molar-refractivity contribution in [3.63, 3.8) is 0 Å². The van der Waals surface area contributed by atoms with Crippen molar-refractivity contribution in [3.05, 3.63) is 33.9 Å². The smallest absolute Gasteiger partial charge is 0.341 e. The maximum absolute atomic E-state index is 15.2. The van der Waals surface area contributed by atoms with E-state index in [1.807, 2.05) is 18.7 Å². The number of benzene rings is 1. The minimum Gasteiger partial charge on any atom is -0.492 e. The summed E-state index contributed by atoms with van der Waals surface area (Å²) >= 11 is 0. The zero-order chi connectivity index (χ0) is 22.0. The Kier molecular flexibility index (Phi) is 6.65. The first kappa shape index (κ1) is 22.1. The topological polar surface area (TPSA) is 92.0 Å². The summed E-state index contributed by atoms with van der Waals surface area (Å²) < 4.78 is 22.5. The average Bonchev–Trinajstić information content (AvgIpc) is 3.60. The Balaban J connectivity index is 0.00000124. The number of ether oxygens (including phenoxy) is 1. The summed E-state index contributed by atoms with van der Waals surface area (Å²) in [5.41, 5.74) is -0.380. The zero-order valence-corrected chi connectivity index (χ0v) is 17.7. The minimum atomic E-state index is -1.33. The van der Waals surface area contributed by atoms with E-state index >= 15 is 4.39 Å². The van der Waals surface area contributed by atoms with E-state index in [4.69, 9.17) is 4.74 Å². The predicted octanol–water partition coefficient (Wildman–Crippen LogP) is 3.42. The van der Waals surface area contributed by atoms with E-state index < -0.39 is 17.2 Å². The van der Waals surface area contributed by atoms with Crippen LogP contribution in [-0.2, 0) is 0 Å². The van der Waals surface area contributed by atoms with Crippen molar-refractivity contribution in [1.29, 1.82) is 0 Å². The monoisotopic (exact) mass is 420 g/mol. The minimum absolute atomic E-state index is 0.0145. The molecule has 1 saturated heterocycles. The van der Waals surface area contributed by atoms with Gasteiger partial charge in [0.1, 0.15) is 11.3 Å². The molecular formula is C22H29FN2O5. The van der Waals surface area contributed by atoms with Crippen LogP contribution in [0.5, 0.6) is 5.75 Å². The number of rotatable bonds is 5. The number of carbonyl (C=O) groups is 1. The lowest BCUT2D eigenvalue weighted by Gasteiger charge is -2.35. The molecule has 0 radical (unpaired) electrons. The number of hydrogen-bond donors (Lipinski definition) is 2. The van der Waals surface area contributed by atoms with E-state index in [2.05, 4.69) is 0 Å². The van der Waals surface area contributed by atoms with Crippen LogP contribution < -0.4 is 15.1 Å². The largest absolute Gasteiger partial charge is 0.492 e. The van der Waals surface area contributed by atoms with Gasteiger partial charge in [-0.15, -0.1) is 0 Å². The molecule has 1 aromatic carbocycles. The molecule has 4 rings (SSSR count). The quantitative estimate of drug-likeness (QED) is 0.770. The number of methoxy groups -OCH3 is 1. The van der Waals surface area contributed by atoms with Crippen molar-refractivity contribution < 1.29 is 24.1 Å². The molecule has 2 aliphatic rings. The number of carboxylic acid groups (broad SMARTS) is 1. The summed E-state index contributed by atoms with van der Waals surface area (Å²) in [6, 6.07) is 1.20. The second kappa shape index (κ2) is 9.04. The van der Waals surface area contributed by atoms with Gasteiger partial charge in [-0.2, -0.15) is 0 Å². The number of pyridine rings is 1. The molecule has 0 amide bonds. The van der Waals surface area contributed by atoms with Gasteiger partial charge in [0.05, 0.1) is 18.0 Å². The third-order valence-corrected chi connectivity index (χ3v) is 5.67. The molecule has 0 spiro atoms. The van der Waals surface area contributed by atoms with Crippen LogP contribution in [0.3, 0.4) is 0 Å². The van der Waals surface area contributed by atoms with Crippen LogP contribution in [0.25, 0.3) is 10.9 Å². The Bertz CT molecular complexity index is 999. The van der Waals surface area contributed by atoms with Crippen LogP contribution in [0.4, 0.5) is 10.1 Å². The Hall–Kier alpha value is -2.61. The maximum atomic E-state index is 15.2. The molecule has 2 aromatic rings. The molecule has 1 saturated carbocycles. The number of aromatic carboxylic acids is 1.